The van der Waals surface area contributed by atoms with Crippen LogP contribution >= 0.6 is 0 Å². The van der Waals surface area contributed by atoms with Gasteiger partial charge in [-0.2, -0.15) is 0 Å². The molecule has 0 aromatic carbocycles. The van der Waals surface area contributed by atoms with E-state index in [-0.39, 0.29) is 30.1 Å². The van der Waals surface area contributed by atoms with Crippen molar-refractivity contribution in [3.8, 4) is 0 Å². The van der Waals surface area contributed by atoms with Crippen molar-refractivity contribution >= 4 is 11.9 Å². The molecular weight excluding hydrogens is 282 g/mol. The molecule has 1 N–H and O–H groups in total. The molecule has 2 fully saturated rings. The molecule has 2 heterocycles. The fraction of sp³-hybridized carbons (Fsp3) is 0.875. The summed E-state index contributed by atoms with van der Waals surface area (Å²) in [7, 11) is 1.61. The standard InChI is InChI=1S/C16H29N3O3/c1-5-8-17-16(21)18-9-6-12(7-10-18)13-14(22-4)15(20)19(13)11(2)3/h11-14H,5-10H2,1-4H3,(H,17,21)/t13-,14+/m0/s1. The minimum Gasteiger partial charge on any atom is -0.369 e. The van der Waals surface area contributed by atoms with Crippen molar-refractivity contribution in [1.29, 1.82) is 0 Å². The van der Waals surface area contributed by atoms with Crippen LogP contribution in [0.15, 0.2) is 0 Å². The van der Waals surface area contributed by atoms with Crippen LogP contribution in [0.2, 0.25) is 0 Å². The number of urea groups is 1. The molecule has 0 radical (unpaired) electrons. The monoisotopic (exact) mass is 311 g/mol. The molecule has 2 aliphatic heterocycles. The van der Waals surface area contributed by atoms with Gasteiger partial charge in [-0.05, 0) is 39.0 Å². The smallest absolute Gasteiger partial charge is 0.317 e. The van der Waals surface area contributed by atoms with Crippen LogP contribution in [0.25, 0.3) is 0 Å². The van der Waals surface area contributed by atoms with Crippen LogP contribution in [0.5, 0.6) is 0 Å². The van der Waals surface area contributed by atoms with Crippen molar-refractivity contribution in [1.82, 2.24) is 15.1 Å². The summed E-state index contributed by atoms with van der Waals surface area (Å²) in [6.45, 7) is 8.38. The second kappa shape index (κ2) is 7.31. The Morgan fingerprint density at radius 2 is 2.00 bits per heavy atom. The van der Waals surface area contributed by atoms with Gasteiger partial charge in [0.2, 0.25) is 0 Å². The molecule has 0 aromatic rings. The van der Waals surface area contributed by atoms with E-state index < -0.39 is 0 Å². The van der Waals surface area contributed by atoms with Gasteiger partial charge in [0.15, 0.2) is 6.10 Å². The maximum Gasteiger partial charge on any atom is 0.317 e. The topological polar surface area (TPSA) is 61.9 Å². The Balaban J connectivity index is 1.90. The van der Waals surface area contributed by atoms with E-state index in [1.165, 1.54) is 0 Å². The molecule has 0 spiro atoms. The zero-order chi connectivity index (χ0) is 16.3. The van der Waals surface area contributed by atoms with E-state index in [1.54, 1.807) is 7.11 Å². The van der Waals surface area contributed by atoms with Crippen LogP contribution in [0, 0.1) is 5.92 Å². The number of amides is 3. The molecule has 22 heavy (non-hydrogen) atoms. The third kappa shape index (κ3) is 3.21. The lowest BCUT2D eigenvalue weighted by molar-refractivity contribution is -0.181. The van der Waals surface area contributed by atoms with Gasteiger partial charge >= 0.3 is 6.03 Å². The van der Waals surface area contributed by atoms with E-state index >= 15 is 0 Å². The van der Waals surface area contributed by atoms with Crippen LogP contribution < -0.4 is 5.32 Å². The second-order valence-electron chi connectivity index (χ2n) is 6.54. The first-order chi connectivity index (χ1) is 10.5. The number of rotatable bonds is 5. The summed E-state index contributed by atoms with van der Waals surface area (Å²) < 4.78 is 5.39. The highest BCUT2D eigenvalue weighted by Crippen LogP contribution is 2.36. The number of carbonyl (C=O) groups is 2. The summed E-state index contributed by atoms with van der Waals surface area (Å²) in [4.78, 5) is 27.9. The lowest BCUT2D eigenvalue weighted by Gasteiger charge is -2.53. The maximum atomic E-state index is 12.1. The van der Waals surface area contributed by atoms with E-state index in [0.717, 1.165) is 38.9 Å². The highest BCUT2D eigenvalue weighted by Gasteiger charge is 2.52. The van der Waals surface area contributed by atoms with Crippen molar-refractivity contribution in [2.75, 3.05) is 26.7 Å². The maximum absolute atomic E-state index is 12.1. The van der Waals surface area contributed by atoms with Gasteiger partial charge in [-0.25, -0.2) is 4.79 Å². The van der Waals surface area contributed by atoms with E-state index in [0.29, 0.717) is 5.92 Å². The van der Waals surface area contributed by atoms with Gasteiger partial charge in [-0.15, -0.1) is 0 Å². The van der Waals surface area contributed by atoms with Crippen LogP contribution in [0.3, 0.4) is 0 Å². The van der Waals surface area contributed by atoms with Gasteiger partial charge in [0.1, 0.15) is 0 Å². The third-order valence-corrected chi connectivity index (χ3v) is 4.78. The van der Waals surface area contributed by atoms with Crippen molar-refractivity contribution in [3.63, 3.8) is 0 Å². The predicted octanol–water partition coefficient (Wildman–Crippen LogP) is 1.45. The lowest BCUT2D eigenvalue weighted by atomic mass is 9.79. The van der Waals surface area contributed by atoms with Gasteiger partial charge in [-0.3, -0.25) is 4.79 Å². The quantitative estimate of drug-likeness (QED) is 0.782. The number of ether oxygens (including phenoxy) is 1. The molecule has 2 rings (SSSR count). The SMILES string of the molecule is CCCNC(=O)N1CCC([C@H]2[C@@H](OC)C(=O)N2C(C)C)CC1. The highest BCUT2D eigenvalue weighted by molar-refractivity contribution is 5.88. The van der Waals surface area contributed by atoms with Gasteiger partial charge in [0, 0.05) is 32.8 Å². The zero-order valence-corrected chi connectivity index (χ0v) is 14.2. The van der Waals surface area contributed by atoms with Gasteiger partial charge in [0.05, 0.1) is 6.04 Å². The lowest BCUT2D eigenvalue weighted by Crippen LogP contribution is -2.70. The number of hydrogen-bond donors (Lipinski definition) is 1. The average molecular weight is 311 g/mol. The number of carbonyl (C=O) groups excluding carboxylic acids is 2. The number of β-lactam (4-membered cyclic amide) rings is 1. The van der Waals surface area contributed by atoms with Crippen molar-refractivity contribution < 1.29 is 14.3 Å². The first-order valence-electron chi connectivity index (χ1n) is 8.39. The molecule has 2 saturated heterocycles. The Hall–Kier alpha value is -1.30. The van der Waals surface area contributed by atoms with Crippen molar-refractivity contribution in [2.24, 2.45) is 5.92 Å². The summed E-state index contributed by atoms with van der Waals surface area (Å²) in [5.41, 5.74) is 0. The Bertz CT molecular complexity index is 405. The summed E-state index contributed by atoms with van der Waals surface area (Å²) in [5, 5.41) is 2.93. The molecule has 0 aromatic heterocycles. The van der Waals surface area contributed by atoms with Gasteiger partial charge < -0.3 is 19.9 Å². The average Bonchev–Trinajstić information content (AvgIpc) is 2.50. The van der Waals surface area contributed by atoms with Crippen LogP contribution in [0.1, 0.15) is 40.0 Å². The summed E-state index contributed by atoms with van der Waals surface area (Å²) in [6.07, 6.45) is 2.51. The summed E-state index contributed by atoms with van der Waals surface area (Å²) in [6, 6.07) is 0.405. The zero-order valence-electron chi connectivity index (χ0n) is 14.2. The number of methoxy groups -OCH3 is 1. The molecule has 6 heteroatoms. The fourth-order valence-corrected chi connectivity index (χ4v) is 3.60. The minimum atomic E-state index is -0.298. The van der Waals surface area contributed by atoms with E-state index in [1.807, 2.05) is 30.6 Å². The number of hydrogen-bond acceptors (Lipinski definition) is 3. The number of nitrogens with zero attached hydrogens (tertiary/aromatic N) is 2. The molecule has 6 nitrogen and oxygen atoms in total. The molecule has 3 amide bonds. The number of likely N-dealkylation sites (tertiary alicyclic amines) is 2. The third-order valence-electron chi connectivity index (χ3n) is 4.78. The molecule has 0 bridgehead atoms. The highest BCUT2D eigenvalue weighted by atomic mass is 16.5. The van der Waals surface area contributed by atoms with Crippen LogP contribution in [0.4, 0.5) is 4.79 Å². The first kappa shape index (κ1) is 17.1. The largest absolute Gasteiger partial charge is 0.369 e. The Morgan fingerprint density at radius 3 is 2.50 bits per heavy atom. The molecule has 0 unspecified atom stereocenters. The normalized spacial score (nSPS) is 26.3. The summed E-state index contributed by atoms with van der Waals surface area (Å²) >= 11 is 0. The predicted molar refractivity (Wildman–Crippen MR) is 84.6 cm³/mol. The van der Waals surface area contributed by atoms with Gasteiger partial charge in [-0.1, -0.05) is 6.92 Å². The number of nitrogens with one attached hydrogen (secondary N) is 1. The molecule has 2 aliphatic rings. The molecule has 2 atom stereocenters. The van der Waals surface area contributed by atoms with Crippen LogP contribution in [-0.4, -0.2) is 66.7 Å². The van der Waals surface area contributed by atoms with Crippen LogP contribution in [-0.2, 0) is 9.53 Å². The van der Waals surface area contributed by atoms with E-state index in [9.17, 15) is 9.59 Å². The minimum absolute atomic E-state index is 0.0361. The molecule has 0 aliphatic carbocycles. The molecular formula is C16H29N3O3. The Kier molecular flexibility index (Phi) is 5.67. The fourth-order valence-electron chi connectivity index (χ4n) is 3.60. The van der Waals surface area contributed by atoms with E-state index in [4.69, 9.17) is 4.74 Å². The van der Waals surface area contributed by atoms with Crippen molar-refractivity contribution in [3.05, 3.63) is 0 Å². The Morgan fingerprint density at radius 1 is 1.36 bits per heavy atom. The molecule has 0 saturated carbocycles. The van der Waals surface area contributed by atoms with Gasteiger partial charge in [0.25, 0.3) is 5.91 Å². The second-order valence-corrected chi connectivity index (χ2v) is 6.54. The van der Waals surface area contributed by atoms with Crippen molar-refractivity contribution in [2.45, 2.75) is 58.2 Å². The van der Waals surface area contributed by atoms with E-state index in [2.05, 4.69) is 5.32 Å². The Labute approximate surface area is 133 Å². The number of piperidine rings is 1. The summed E-state index contributed by atoms with van der Waals surface area (Å²) in [5.74, 6) is 0.519. The first-order valence-corrected chi connectivity index (χ1v) is 8.39. The molecule has 126 valence electrons.